The molecule has 0 aromatic rings. The highest BCUT2D eigenvalue weighted by Gasteiger charge is 2.36. The van der Waals surface area contributed by atoms with Gasteiger partial charge in [0, 0.05) is 16.8 Å². The average Bonchev–Trinajstić information content (AvgIpc) is 2.07. The lowest BCUT2D eigenvalue weighted by molar-refractivity contribution is -0.126. The molecule has 2 rings (SSSR count). The van der Waals surface area contributed by atoms with Gasteiger partial charge in [-0.25, -0.2) is 0 Å². The monoisotopic (exact) mass is 232 g/mol. The number of hydrogen-bond donors (Lipinski definition) is 2. The van der Waals surface area contributed by atoms with Crippen LogP contribution in [0.3, 0.4) is 0 Å². The zero-order valence-electron chi connectivity index (χ0n) is 6.85. The standard InChI is InChI=1S/C8H13BrN2O/c9-5-1-2-7-6(3-5)8(12)4-10-11-7/h5-7,10-11H,1-4H2. The normalized spacial score (nSPS) is 42.4. The quantitative estimate of drug-likeness (QED) is 0.602. The minimum absolute atomic E-state index is 0.240. The molecular weight excluding hydrogens is 220 g/mol. The summed E-state index contributed by atoms with van der Waals surface area (Å²) in [7, 11) is 0. The highest BCUT2D eigenvalue weighted by atomic mass is 79.9. The first-order valence-corrected chi connectivity index (χ1v) is 5.34. The van der Waals surface area contributed by atoms with E-state index in [-0.39, 0.29) is 5.92 Å². The second kappa shape index (κ2) is 3.44. The largest absolute Gasteiger partial charge is 0.298 e. The van der Waals surface area contributed by atoms with Crippen molar-refractivity contribution >= 4 is 21.7 Å². The molecule has 0 bridgehead atoms. The summed E-state index contributed by atoms with van der Waals surface area (Å²) in [4.78, 5) is 12.0. The van der Waals surface area contributed by atoms with Crippen LogP contribution in [0, 0.1) is 5.92 Å². The topological polar surface area (TPSA) is 41.1 Å². The molecule has 0 amide bonds. The van der Waals surface area contributed by atoms with E-state index in [1.165, 1.54) is 6.42 Å². The summed E-state index contributed by atoms with van der Waals surface area (Å²) in [5, 5.41) is 0. The van der Waals surface area contributed by atoms with Crippen molar-refractivity contribution in [3.05, 3.63) is 0 Å². The van der Waals surface area contributed by atoms with Gasteiger partial charge in [0.2, 0.25) is 0 Å². The Bertz CT molecular complexity index is 197. The number of carbonyl (C=O) groups excluding carboxylic acids is 1. The average molecular weight is 233 g/mol. The van der Waals surface area contributed by atoms with Crippen LogP contribution in [0.4, 0.5) is 0 Å². The molecular formula is C8H13BrN2O. The van der Waals surface area contributed by atoms with Crippen molar-refractivity contribution in [1.82, 2.24) is 10.9 Å². The molecule has 3 atom stereocenters. The van der Waals surface area contributed by atoms with Crippen LogP contribution in [0.1, 0.15) is 19.3 Å². The van der Waals surface area contributed by atoms with E-state index < -0.39 is 0 Å². The highest BCUT2D eigenvalue weighted by Crippen LogP contribution is 2.30. The molecule has 1 heterocycles. The molecule has 3 unspecified atom stereocenters. The molecule has 0 aromatic heterocycles. The first-order chi connectivity index (χ1) is 5.77. The van der Waals surface area contributed by atoms with Crippen molar-refractivity contribution in [3.8, 4) is 0 Å². The van der Waals surface area contributed by atoms with Crippen LogP contribution >= 0.6 is 15.9 Å². The fourth-order valence-electron chi connectivity index (χ4n) is 2.05. The van der Waals surface area contributed by atoms with E-state index in [1.54, 1.807) is 0 Å². The van der Waals surface area contributed by atoms with Gasteiger partial charge in [-0.1, -0.05) is 15.9 Å². The minimum Gasteiger partial charge on any atom is -0.298 e. The predicted molar refractivity (Wildman–Crippen MR) is 50.0 cm³/mol. The molecule has 0 spiro atoms. The third-order valence-corrected chi connectivity index (χ3v) is 3.58. The van der Waals surface area contributed by atoms with Crippen LogP contribution in [0.2, 0.25) is 0 Å². The van der Waals surface area contributed by atoms with E-state index in [0.29, 0.717) is 23.2 Å². The number of halogens is 1. The van der Waals surface area contributed by atoms with Crippen LogP contribution in [0.25, 0.3) is 0 Å². The van der Waals surface area contributed by atoms with Gasteiger partial charge in [-0.05, 0) is 19.3 Å². The van der Waals surface area contributed by atoms with Crippen molar-refractivity contribution < 1.29 is 4.79 Å². The Labute approximate surface area is 80.4 Å². The SMILES string of the molecule is O=C1CNNC2CCC(Br)CC12. The van der Waals surface area contributed by atoms with Gasteiger partial charge >= 0.3 is 0 Å². The lowest BCUT2D eigenvalue weighted by Crippen LogP contribution is -2.57. The second-order valence-electron chi connectivity index (χ2n) is 3.59. The molecule has 0 radical (unpaired) electrons. The van der Waals surface area contributed by atoms with Gasteiger partial charge in [-0.3, -0.25) is 15.6 Å². The van der Waals surface area contributed by atoms with Gasteiger partial charge in [0.05, 0.1) is 6.54 Å². The van der Waals surface area contributed by atoms with Gasteiger partial charge < -0.3 is 0 Å². The molecule has 1 saturated heterocycles. The van der Waals surface area contributed by atoms with Crippen LogP contribution in [0.5, 0.6) is 0 Å². The Balaban J connectivity index is 2.05. The molecule has 2 N–H and O–H groups in total. The number of rotatable bonds is 0. The third-order valence-electron chi connectivity index (χ3n) is 2.75. The highest BCUT2D eigenvalue weighted by molar-refractivity contribution is 9.09. The van der Waals surface area contributed by atoms with E-state index in [1.807, 2.05) is 0 Å². The van der Waals surface area contributed by atoms with E-state index >= 15 is 0 Å². The first-order valence-electron chi connectivity index (χ1n) is 4.42. The number of Topliss-reactive ketones (excluding diaryl/α,β-unsaturated/α-hetero) is 1. The molecule has 3 nitrogen and oxygen atoms in total. The fourth-order valence-corrected chi connectivity index (χ4v) is 2.72. The maximum atomic E-state index is 11.5. The minimum atomic E-state index is 0.240. The van der Waals surface area contributed by atoms with Crippen molar-refractivity contribution in [3.63, 3.8) is 0 Å². The Morgan fingerprint density at radius 2 is 2.25 bits per heavy atom. The smallest absolute Gasteiger partial charge is 0.152 e. The Morgan fingerprint density at radius 3 is 3.08 bits per heavy atom. The predicted octanol–water partition coefficient (Wildman–Crippen LogP) is 0.596. The molecule has 1 aliphatic heterocycles. The van der Waals surface area contributed by atoms with Crippen molar-refractivity contribution in [1.29, 1.82) is 0 Å². The first kappa shape index (κ1) is 8.66. The Kier molecular flexibility index (Phi) is 2.48. The van der Waals surface area contributed by atoms with Crippen LogP contribution in [-0.4, -0.2) is 23.2 Å². The summed E-state index contributed by atoms with van der Waals surface area (Å²) in [6.45, 7) is 0.487. The van der Waals surface area contributed by atoms with Crippen molar-refractivity contribution in [2.45, 2.75) is 30.1 Å². The number of alkyl halides is 1. The molecule has 2 fully saturated rings. The second-order valence-corrected chi connectivity index (χ2v) is 4.88. The molecule has 4 heteroatoms. The number of fused-ring (bicyclic) bond motifs is 1. The van der Waals surface area contributed by atoms with E-state index in [4.69, 9.17) is 0 Å². The lowest BCUT2D eigenvalue weighted by atomic mass is 9.81. The number of carbonyl (C=O) groups is 1. The van der Waals surface area contributed by atoms with Gasteiger partial charge in [0.15, 0.2) is 5.78 Å². The van der Waals surface area contributed by atoms with E-state index in [0.717, 1.165) is 12.8 Å². The van der Waals surface area contributed by atoms with Crippen LogP contribution in [0.15, 0.2) is 0 Å². The fraction of sp³-hybridized carbons (Fsp3) is 0.875. The number of hydrogen-bond acceptors (Lipinski definition) is 3. The molecule has 68 valence electrons. The number of nitrogens with one attached hydrogen (secondary N) is 2. The lowest BCUT2D eigenvalue weighted by Gasteiger charge is -2.37. The van der Waals surface area contributed by atoms with Crippen molar-refractivity contribution in [2.24, 2.45) is 5.92 Å². The molecule has 1 saturated carbocycles. The van der Waals surface area contributed by atoms with E-state index in [9.17, 15) is 4.79 Å². The summed E-state index contributed by atoms with van der Waals surface area (Å²) in [6.07, 6.45) is 3.26. The summed E-state index contributed by atoms with van der Waals surface area (Å²) in [5.74, 6) is 0.604. The van der Waals surface area contributed by atoms with Gasteiger partial charge in [0.25, 0.3) is 0 Å². The molecule has 0 aromatic carbocycles. The van der Waals surface area contributed by atoms with Crippen molar-refractivity contribution in [2.75, 3.05) is 6.54 Å². The summed E-state index contributed by atoms with van der Waals surface area (Å²) in [5.41, 5.74) is 6.11. The van der Waals surface area contributed by atoms with Gasteiger partial charge in [-0.2, -0.15) is 0 Å². The number of ketones is 1. The number of hydrazine groups is 1. The Morgan fingerprint density at radius 1 is 1.42 bits per heavy atom. The molecule has 12 heavy (non-hydrogen) atoms. The zero-order valence-corrected chi connectivity index (χ0v) is 8.43. The summed E-state index contributed by atoms with van der Waals surface area (Å²) in [6, 6.07) is 0.375. The van der Waals surface area contributed by atoms with Crippen LogP contribution in [-0.2, 0) is 4.79 Å². The van der Waals surface area contributed by atoms with E-state index in [2.05, 4.69) is 26.8 Å². The summed E-state index contributed by atoms with van der Waals surface area (Å²) < 4.78 is 0. The van der Waals surface area contributed by atoms with Crippen LogP contribution < -0.4 is 10.9 Å². The molecule has 2 aliphatic rings. The third kappa shape index (κ3) is 1.56. The molecule has 1 aliphatic carbocycles. The Hall–Kier alpha value is 0.0700. The summed E-state index contributed by atoms with van der Waals surface area (Å²) >= 11 is 3.58. The van der Waals surface area contributed by atoms with Gasteiger partial charge in [-0.15, -0.1) is 0 Å². The maximum absolute atomic E-state index is 11.5. The zero-order chi connectivity index (χ0) is 8.55. The maximum Gasteiger partial charge on any atom is 0.152 e. The van der Waals surface area contributed by atoms with Gasteiger partial charge in [0.1, 0.15) is 0 Å².